The van der Waals surface area contributed by atoms with Gasteiger partial charge >= 0.3 is 0 Å². The summed E-state index contributed by atoms with van der Waals surface area (Å²) in [6.07, 6.45) is 1.61. The maximum Gasteiger partial charge on any atom is 0.298 e. The molecule has 1 saturated heterocycles. The second-order valence-electron chi connectivity index (χ2n) is 3.29. The molecule has 0 unspecified atom stereocenters. The van der Waals surface area contributed by atoms with Crippen LogP contribution in [0.5, 0.6) is 0 Å². The highest BCUT2D eigenvalue weighted by Gasteiger charge is 2.21. The van der Waals surface area contributed by atoms with Gasteiger partial charge in [-0.15, -0.1) is 0 Å². The van der Waals surface area contributed by atoms with E-state index in [1.807, 2.05) is 11.0 Å². The molecule has 0 saturated carbocycles. The summed E-state index contributed by atoms with van der Waals surface area (Å²) in [5.41, 5.74) is 0.266. The third-order valence-electron chi connectivity index (χ3n) is 2.30. The van der Waals surface area contributed by atoms with Gasteiger partial charge in [0.25, 0.3) is 6.01 Å². The van der Waals surface area contributed by atoms with E-state index in [-0.39, 0.29) is 5.69 Å². The molecule has 0 radical (unpaired) electrons. The van der Waals surface area contributed by atoms with Crippen molar-refractivity contribution in [2.45, 2.75) is 19.0 Å². The number of oxazole rings is 1. The van der Waals surface area contributed by atoms with E-state index in [1.54, 1.807) is 0 Å². The first-order valence-corrected chi connectivity index (χ1v) is 4.54. The first kappa shape index (κ1) is 9.00. The van der Waals surface area contributed by atoms with Crippen molar-refractivity contribution in [1.29, 1.82) is 5.26 Å². The van der Waals surface area contributed by atoms with Crippen molar-refractivity contribution in [2.24, 2.45) is 0 Å². The first-order valence-electron chi connectivity index (χ1n) is 4.54. The van der Waals surface area contributed by atoms with Gasteiger partial charge in [-0.2, -0.15) is 10.2 Å². The van der Waals surface area contributed by atoms with Crippen LogP contribution in [0.25, 0.3) is 0 Å². The summed E-state index contributed by atoms with van der Waals surface area (Å²) in [5.74, 6) is 0. The Morgan fingerprint density at radius 1 is 1.57 bits per heavy atom. The van der Waals surface area contributed by atoms with Gasteiger partial charge in [0.15, 0.2) is 5.69 Å². The minimum absolute atomic E-state index is 0.266. The fourth-order valence-corrected chi connectivity index (χ4v) is 1.50. The largest absolute Gasteiger partial charge is 0.431 e. The molecule has 0 aromatic carbocycles. The number of anilines is 1. The van der Waals surface area contributed by atoms with Crippen LogP contribution in [0.15, 0.2) is 10.7 Å². The average molecular weight is 195 g/mol. The fourth-order valence-electron chi connectivity index (χ4n) is 1.50. The lowest BCUT2D eigenvalue weighted by atomic mass is 10.1. The standard InChI is InChI=1S/C9H10FN3O/c10-7-1-3-13(4-2-7)9-12-8(5-11)6-14-9/h6-7H,1-4H2. The Morgan fingerprint density at radius 3 is 2.86 bits per heavy atom. The van der Waals surface area contributed by atoms with Crippen molar-refractivity contribution in [3.8, 4) is 6.07 Å². The third-order valence-corrected chi connectivity index (χ3v) is 2.30. The molecule has 1 aliphatic heterocycles. The molecule has 4 nitrogen and oxygen atoms in total. The van der Waals surface area contributed by atoms with Crippen LogP contribution in [0.3, 0.4) is 0 Å². The number of piperidine rings is 1. The van der Waals surface area contributed by atoms with Gasteiger partial charge in [-0.1, -0.05) is 0 Å². The van der Waals surface area contributed by atoms with E-state index in [4.69, 9.17) is 9.68 Å². The van der Waals surface area contributed by atoms with Crippen LogP contribution >= 0.6 is 0 Å². The van der Waals surface area contributed by atoms with E-state index in [0.29, 0.717) is 31.9 Å². The molecular formula is C9H10FN3O. The highest BCUT2D eigenvalue weighted by atomic mass is 19.1. The third kappa shape index (κ3) is 1.69. The lowest BCUT2D eigenvalue weighted by molar-refractivity contribution is 0.272. The highest BCUT2D eigenvalue weighted by Crippen LogP contribution is 2.20. The molecular weight excluding hydrogens is 185 g/mol. The van der Waals surface area contributed by atoms with Crippen molar-refractivity contribution in [1.82, 2.24) is 4.98 Å². The van der Waals surface area contributed by atoms with Gasteiger partial charge < -0.3 is 9.32 Å². The van der Waals surface area contributed by atoms with Crippen LogP contribution in [-0.2, 0) is 0 Å². The minimum atomic E-state index is -0.711. The first-order chi connectivity index (χ1) is 6.79. The van der Waals surface area contributed by atoms with Crippen molar-refractivity contribution >= 4 is 6.01 Å². The second kappa shape index (κ2) is 3.66. The van der Waals surface area contributed by atoms with Crippen LogP contribution < -0.4 is 4.90 Å². The van der Waals surface area contributed by atoms with Gasteiger partial charge in [0.05, 0.1) is 0 Å². The summed E-state index contributed by atoms with van der Waals surface area (Å²) < 4.78 is 17.9. The Balaban J connectivity index is 2.05. The number of nitrogens with zero attached hydrogens (tertiary/aromatic N) is 3. The van der Waals surface area contributed by atoms with E-state index >= 15 is 0 Å². The monoisotopic (exact) mass is 195 g/mol. The molecule has 0 aliphatic carbocycles. The van der Waals surface area contributed by atoms with Gasteiger partial charge in [-0.3, -0.25) is 0 Å². The van der Waals surface area contributed by atoms with Gasteiger partial charge in [0.2, 0.25) is 0 Å². The lowest BCUT2D eigenvalue weighted by Gasteiger charge is -2.26. The molecule has 74 valence electrons. The quantitative estimate of drug-likeness (QED) is 0.681. The number of hydrogen-bond acceptors (Lipinski definition) is 4. The van der Waals surface area contributed by atoms with E-state index in [2.05, 4.69) is 4.98 Å². The van der Waals surface area contributed by atoms with Gasteiger partial charge in [0.1, 0.15) is 18.5 Å². The topological polar surface area (TPSA) is 53.1 Å². The number of nitriles is 1. The molecule has 1 aromatic rings. The Labute approximate surface area is 80.9 Å². The molecule has 0 spiro atoms. The zero-order valence-electron chi connectivity index (χ0n) is 7.61. The van der Waals surface area contributed by atoms with Gasteiger partial charge in [-0.05, 0) is 12.8 Å². The Hall–Kier alpha value is -1.57. The summed E-state index contributed by atoms with van der Waals surface area (Å²) in [4.78, 5) is 5.81. The van der Waals surface area contributed by atoms with E-state index in [9.17, 15) is 4.39 Å². The number of alkyl halides is 1. The highest BCUT2D eigenvalue weighted by molar-refractivity contribution is 5.31. The molecule has 0 bridgehead atoms. The van der Waals surface area contributed by atoms with E-state index < -0.39 is 6.17 Å². The molecule has 2 heterocycles. The summed E-state index contributed by atoms with van der Waals surface area (Å²) in [6, 6.07) is 2.31. The summed E-state index contributed by atoms with van der Waals surface area (Å²) >= 11 is 0. The zero-order valence-corrected chi connectivity index (χ0v) is 7.61. The van der Waals surface area contributed by atoms with Crippen LogP contribution in [0.4, 0.5) is 10.4 Å². The Bertz CT molecular complexity index is 349. The van der Waals surface area contributed by atoms with Gasteiger partial charge in [0, 0.05) is 13.1 Å². The molecule has 1 aliphatic rings. The van der Waals surface area contributed by atoms with Crippen molar-refractivity contribution in [3.05, 3.63) is 12.0 Å². The maximum atomic E-state index is 12.8. The van der Waals surface area contributed by atoms with E-state index in [1.165, 1.54) is 6.26 Å². The molecule has 0 amide bonds. The lowest BCUT2D eigenvalue weighted by Crippen LogP contribution is -2.34. The zero-order chi connectivity index (χ0) is 9.97. The van der Waals surface area contributed by atoms with Crippen molar-refractivity contribution in [2.75, 3.05) is 18.0 Å². The molecule has 2 rings (SSSR count). The van der Waals surface area contributed by atoms with Crippen LogP contribution in [0, 0.1) is 11.3 Å². The molecule has 14 heavy (non-hydrogen) atoms. The minimum Gasteiger partial charge on any atom is -0.431 e. The molecule has 1 aromatic heterocycles. The van der Waals surface area contributed by atoms with Gasteiger partial charge in [-0.25, -0.2) is 4.39 Å². The SMILES string of the molecule is N#Cc1coc(N2CCC(F)CC2)n1. The predicted molar refractivity (Wildman–Crippen MR) is 47.6 cm³/mol. The van der Waals surface area contributed by atoms with Crippen LogP contribution in [0.1, 0.15) is 18.5 Å². The number of aromatic nitrogens is 1. The molecule has 1 fully saturated rings. The van der Waals surface area contributed by atoms with Crippen molar-refractivity contribution in [3.63, 3.8) is 0 Å². The number of rotatable bonds is 1. The predicted octanol–water partition coefficient (Wildman–Crippen LogP) is 1.48. The molecule has 0 atom stereocenters. The summed E-state index contributed by atoms with van der Waals surface area (Å²) in [7, 11) is 0. The van der Waals surface area contributed by atoms with E-state index in [0.717, 1.165) is 0 Å². The van der Waals surface area contributed by atoms with Crippen molar-refractivity contribution < 1.29 is 8.81 Å². The van der Waals surface area contributed by atoms with Crippen LogP contribution in [-0.4, -0.2) is 24.2 Å². The summed E-state index contributed by atoms with van der Waals surface area (Å²) in [5, 5.41) is 8.54. The molecule has 5 heteroatoms. The second-order valence-corrected chi connectivity index (χ2v) is 3.29. The summed E-state index contributed by atoms with van der Waals surface area (Å²) in [6.45, 7) is 1.21. The average Bonchev–Trinajstić information content (AvgIpc) is 2.67. The van der Waals surface area contributed by atoms with Crippen LogP contribution in [0.2, 0.25) is 0 Å². The smallest absolute Gasteiger partial charge is 0.298 e. The Kier molecular flexibility index (Phi) is 2.35. The maximum absolute atomic E-state index is 12.8. The number of hydrogen-bond donors (Lipinski definition) is 0. The normalized spacial score (nSPS) is 18.1. The fraction of sp³-hybridized carbons (Fsp3) is 0.556. The Morgan fingerprint density at radius 2 is 2.29 bits per heavy atom. The number of halogens is 1. The molecule has 0 N–H and O–H groups in total.